The molecule has 104 valence electrons. The van der Waals surface area contributed by atoms with Crippen LogP contribution in [0.5, 0.6) is 0 Å². The van der Waals surface area contributed by atoms with Crippen molar-refractivity contribution in [1.82, 2.24) is 4.90 Å². The lowest BCUT2D eigenvalue weighted by Crippen LogP contribution is -2.32. The van der Waals surface area contributed by atoms with Crippen LogP contribution in [-0.4, -0.2) is 41.7 Å². The SMILES string of the molecule is CC(C)c1cccc(NC(=O)CN2CC[C@H](O)C2)c1. The third-order valence-electron chi connectivity index (χ3n) is 3.45. The van der Waals surface area contributed by atoms with Gasteiger partial charge in [-0.25, -0.2) is 0 Å². The Labute approximate surface area is 114 Å². The minimum absolute atomic E-state index is 0.0185. The van der Waals surface area contributed by atoms with Crippen LogP contribution in [0.4, 0.5) is 5.69 Å². The van der Waals surface area contributed by atoms with Crippen LogP contribution in [0.1, 0.15) is 31.7 Å². The van der Waals surface area contributed by atoms with Crippen molar-refractivity contribution < 1.29 is 9.90 Å². The molecule has 1 aromatic carbocycles. The topological polar surface area (TPSA) is 52.6 Å². The number of hydrogen-bond acceptors (Lipinski definition) is 3. The van der Waals surface area contributed by atoms with E-state index in [0.717, 1.165) is 18.7 Å². The molecule has 1 atom stereocenters. The monoisotopic (exact) mass is 262 g/mol. The maximum absolute atomic E-state index is 11.9. The number of amides is 1. The van der Waals surface area contributed by atoms with E-state index in [4.69, 9.17) is 0 Å². The first kappa shape index (κ1) is 14.0. The zero-order chi connectivity index (χ0) is 13.8. The number of aliphatic hydroxyl groups excluding tert-OH is 1. The third kappa shape index (κ3) is 4.04. The Morgan fingerprint density at radius 2 is 2.32 bits per heavy atom. The molecular weight excluding hydrogens is 240 g/mol. The molecule has 1 heterocycles. The smallest absolute Gasteiger partial charge is 0.238 e. The van der Waals surface area contributed by atoms with Crippen LogP contribution in [0.2, 0.25) is 0 Å². The normalized spacial score (nSPS) is 19.9. The van der Waals surface area contributed by atoms with Crippen LogP contribution in [0.3, 0.4) is 0 Å². The van der Waals surface area contributed by atoms with Crippen molar-refractivity contribution >= 4 is 11.6 Å². The summed E-state index contributed by atoms with van der Waals surface area (Å²) >= 11 is 0. The van der Waals surface area contributed by atoms with Gasteiger partial charge in [-0.1, -0.05) is 26.0 Å². The largest absolute Gasteiger partial charge is 0.392 e. The first-order valence-electron chi connectivity index (χ1n) is 6.85. The van der Waals surface area contributed by atoms with E-state index < -0.39 is 0 Å². The van der Waals surface area contributed by atoms with Gasteiger partial charge in [0.25, 0.3) is 0 Å². The highest BCUT2D eigenvalue weighted by atomic mass is 16.3. The summed E-state index contributed by atoms with van der Waals surface area (Å²) in [6, 6.07) is 7.95. The zero-order valence-electron chi connectivity index (χ0n) is 11.6. The molecule has 2 N–H and O–H groups in total. The van der Waals surface area contributed by atoms with Crippen molar-refractivity contribution in [3.05, 3.63) is 29.8 Å². The van der Waals surface area contributed by atoms with Crippen LogP contribution in [0, 0.1) is 0 Å². The Hall–Kier alpha value is -1.39. The maximum Gasteiger partial charge on any atom is 0.238 e. The average molecular weight is 262 g/mol. The van der Waals surface area contributed by atoms with Gasteiger partial charge in [-0.05, 0) is 30.0 Å². The number of carbonyl (C=O) groups is 1. The van der Waals surface area contributed by atoms with Crippen LogP contribution in [-0.2, 0) is 4.79 Å². The van der Waals surface area contributed by atoms with E-state index >= 15 is 0 Å². The van der Waals surface area contributed by atoms with E-state index in [1.165, 1.54) is 5.56 Å². The first-order valence-corrected chi connectivity index (χ1v) is 6.85. The van der Waals surface area contributed by atoms with Crippen molar-refractivity contribution in [3.63, 3.8) is 0 Å². The van der Waals surface area contributed by atoms with Crippen molar-refractivity contribution in [2.45, 2.75) is 32.3 Å². The second-order valence-electron chi connectivity index (χ2n) is 5.51. The lowest BCUT2D eigenvalue weighted by molar-refractivity contribution is -0.117. The number of benzene rings is 1. The van der Waals surface area contributed by atoms with Gasteiger partial charge in [-0.2, -0.15) is 0 Å². The Bertz CT molecular complexity index is 446. The predicted octanol–water partition coefficient (Wildman–Crippen LogP) is 1.82. The second kappa shape index (κ2) is 6.17. The van der Waals surface area contributed by atoms with E-state index in [1.54, 1.807) is 0 Å². The number of β-amino-alcohol motifs (C(OH)–C–C–N with tert-alkyl or cyclic N) is 1. The van der Waals surface area contributed by atoms with E-state index in [2.05, 4.69) is 25.2 Å². The fourth-order valence-electron chi connectivity index (χ4n) is 2.33. The molecule has 1 aromatic rings. The summed E-state index contributed by atoms with van der Waals surface area (Å²) < 4.78 is 0. The van der Waals surface area contributed by atoms with E-state index in [9.17, 15) is 9.90 Å². The summed E-state index contributed by atoms with van der Waals surface area (Å²) in [5, 5.41) is 12.3. The third-order valence-corrected chi connectivity index (χ3v) is 3.45. The number of carbonyl (C=O) groups excluding carboxylic acids is 1. The quantitative estimate of drug-likeness (QED) is 0.870. The molecule has 4 nitrogen and oxygen atoms in total. The molecule has 19 heavy (non-hydrogen) atoms. The van der Waals surface area contributed by atoms with Crippen LogP contribution in [0.25, 0.3) is 0 Å². The van der Waals surface area contributed by atoms with Gasteiger partial charge in [0.1, 0.15) is 0 Å². The lowest BCUT2D eigenvalue weighted by Gasteiger charge is -2.15. The molecular formula is C15H22N2O2. The molecule has 0 aromatic heterocycles. The summed E-state index contributed by atoms with van der Waals surface area (Å²) in [6.07, 6.45) is 0.480. The molecule has 0 saturated carbocycles. The molecule has 0 spiro atoms. The van der Waals surface area contributed by atoms with E-state index in [-0.39, 0.29) is 12.0 Å². The van der Waals surface area contributed by atoms with Gasteiger partial charge in [0.2, 0.25) is 5.91 Å². The molecule has 2 rings (SSSR count). The summed E-state index contributed by atoms with van der Waals surface area (Å²) in [5.41, 5.74) is 2.06. The van der Waals surface area contributed by atoms with E-state index in [1.807, 2.05) is 23.1 Å². The first-order chi connectivity index (χ1) is 9.04. The van der Waals surface area contributed by atoms with Crippen LogP contribution >= 0.6 is 0 Å². The lowest BCUT2D eigenvalue weighted by atomic mass is 10.0. The van der Waals surface area contributed by atoms with Crippen molar-refractivity contribution in [3.8, 4) is 0 Å². The van der Waals surface area contributed by atoms with Gasteiger partial charge in [-0.3, -0.25) is 9.69 Å². The summed E-state index contributed by atoms with van der Waals surface area (Å²) in [7, 11) is 0. The molecule has 1 saturated heterocycles. The van der Waals surface area contributed by atoms with Crippen LogP contribution < -0.4 is 5.32 Å². The number of rotatable bonds is 4. The standard InChI is InChI=1S/C15H22N2O2/c1-11(2)12-4-3-5-13(8-12)16-15(19)10-17-7-6-14(18)9-17/h3-5,8,11,14,18H,6-7,9-10H2,1-2H3,(H,16,19)/t14-/m0/s1. The fraction of sp³-hybridized carbons (Fsp3) is 0.533. The number of aliphatic hydroxyl groups is 1. The Balaban J connectivity index is 1.90. The molecule has 0 unspecified atom stereocenters. The Kier molecular flexibility index (Phi) is 4.56. The van der Waals surface area contributed by atoms with Crippen LogP contribution in [0.15, 0.2) is 24.3 Å². The minimum Gasteiger partial charge on any atom is -0.392 e. The second-order valence-corrected chi connectivity index (χ2v) is 5.51. The summed E-state index contributed by atoms with van der Waals surface area (Å²) in [6.45, 7) is 6.00. The zero-order valence-corrected chi connectivity index (χ0v) is 11.6. The number of likely N-dealkylation sites (tertiary alicyclic amines) is 1. The van der Waals surface area contributed by atoms with Gasteiger partial charge in [0.05, 0.1) is 12.6 Å². The summed E-state index contributed by atoms with van der Waals surface area (Å²) in [4.78, 5) is 13.9. The molecule has 1 aliphatic rings. The van der Waals surface area contributed by atoms with Crippen molar-refractivity contribution in [2.75, 3.05) is 25.0 Å². The number of hydrogen-bond donors (Lipinski definition) is 2. The molecule has 0 bridgehead atoms. The van der Waals surface area contributed by atoms with E-state index in [0.29, 0.717) is 19.0 Å². The number of nitrogens with zero attached hydrogens (tertiary/aromatic N) is 1. The average Bonchev–Trinajstić information content (AvgIpc) is 2.74. The maximum atomic E-state index is 11.9. The number of anilines is 1. The highest BCUT2D eigenvalue weighted by molar-refractivity contribution is 5.92. The molecule has 1 fully saturated rings. The molecule has 0 radical (unpaired) electrons. The summed E-state index contributed by atoms with van der Waals surface area (Å²) in [5.74, 6) is 0.431. The predicted molar refractivity (Wildman–Crippen MR) is 76.2 cm³/mol. The molecule has 1 aliphatic heterocycles. The molecule has 0 aliphatic carbocycles. The van der Waals surface area contributed by atoms with Gasteiger partial charge in [0.15, 0.2) is 0 Å². The van der Waals surface area contributed by atoms with Gasteiger partial charge in [0, 0.05) is 18.8 Å². The molecule has 1 amide bonds. The highest BCUT2D eigenvalue weighted by Gasteiger charge is 2.21. The number of nitrogens with one attached hydrogen (secondary N) is 1. The van der Waals surface area contributed by atoms with Gasteiger partial charge < -0.3 is 10.4 Å². The van der Waals surface area contributed by atoms with Gasteiger partial charge >= 0.3 is 0 Å². The van der Waals surface area contributed by atoms with Crippen molar-refractivity contribution in [2.24, 2.45) is 0 Å². The molecule has 4 heteroatoms. The fourth-order valence-corrected chi connectivity index (χ4v) is 2.33. The Morgan fingerprint density at radius 1 is 1.53 bits per heavy atom. The van der Waals surface area contributed by atoms with Crippen molar-refractivity contribution in [1.29, 1.82) is 0 Å². The van der Waals surface area contributed by atoms with Gasteiger partial charge in [-0.15, -0.1) is 0 Å². The highest BCUT2D eigenvalue weighted by Crippen LogP contribution is 2.18. The Morgan fingerprint density at radius 3 is 2.95 bits per heavy atom. The minimum atomic E-state index is -0.280.